The highest BCUT2D eigenvalue weighted by atomic mass is 16.6. The summed E-state index contributed by atoms with van der Waals surface area (Å²) in [6.45, 7) is 0. The zero-order chi connectivity index (χ0) is 19.5. The van der Waals surface area contributed by atoms with Crippen molar-refractivity contribution < 1.29 is 9.72 Å². The second-order valence-corrected chi connectivity index (χ2v) is 6.16. The van der Waals surface area contributed by atoms with Crippen molar-refractivity contribution in [1.29, 1.82) is 0 Å². The van der Waals surface area contributed by atoms with Gasteiger partial charge < -0.3 is 0 Å². The van der Waals surface area contributed by atoms with E-state index < -0.39 is 4.92 Å². The number of nitrogens with zero attached hydrogens (tertiary/aromatic N) is 3. The zero-order valence-electron chi connectivity index (χ0n) is 14.7. The van der Waals surface area contributed by atoms with Gasteiger partial charge in [0.1, 0.15) is 11.5 Å². The molecule has 0 saturated carbocycles. The Morgan fingerprint density at radius 3 is 2.25 bits per heavy atom. The monoisotopic (exact) mass is 369 g/mol. The van der Waals surface area contributed by atoms with E-state index in [0.717, 1.165) is 5.56 Å². The van der Waals surface area contributed by atoms with Crippen LogP contribution in [0.15, 0.2) is 95.6 Å². The molecule has 0 saturated heterocycles. The van der Waals surface area contributed by atoms with Crippen molar-refractivity contribution in [2.45, 2.75) is 0 Å². The summed E-state index contributed by atoms with van der Waals surface area (Å²) in [5.41, 5.74) is 2.25. The van der Waals surface area contributed by atoms with E-state index in [4.69, 9.17) is 0 Å². The van der Waals surface area contributed by atoms with Crippen molar-refractivity contribution in [2.75, 3.05) is 4.90 Å². The number of carbonyl (C=O) groups is 1. The van der Waals surface area contributed by atoms with E-state index in [9.17, 15) is 14.9 Å². The lowest BCUT2D eigenvalue weighted by molar-refractivity contribution is -0.384. The van der Waals surface area contributed by atoms with E-state index in [2.05, 4.69) is 4.99 Å². The third kappa shape index (κ3) is 3.31. The lowest BCUT2D eigenvalue weighted by Crippen LogP contribution is -2.32. The molecule has 1 amide bonds. The summed E-state index contributed by atoms with van der Waals surface area (Å²) in [6.07, 6.45) is 1.57. The minimum absolute atomic E-state index is 0.0352. The molecule has 3 aromatic rings. The van der Waals surface area contributed by atoms with Gasteiger partial charge in [-0.2, -0.15) is 0 Å². The molecule has 1 aliphatic rings. The van der Waals surface area contributed by atoms with E-state index >= 15 is 0 Å². The second-order valence-electron chi connectivity index (χ2n) is 6.16. The van der Waals surface area contributed by atoms with Crippen LogP contribution in [0.25, 0.3) is 6.08 Å². The minimum Gasteiger partial charge on any atom is -0.266 e. The molecule has 0 bridgehead atoms. The van der Waals surface area contributed by atoms with Crippen LogP contribution in [0.4, 0.5) is 11.4 Å². The van der Waals surface area contributed by atoms with Gasteiger partial charge in [-0.1, -0.05) is 60.7 Å². The number of rotatable bonds is 4. The number of aliphatic imine (C=N–C) groups is 1. The average Bonchev–Trinajstić information content (AvgIpc) is 3.05. The van der Waals surface area contributed by atoms with Gasteiger partial charge in [-0.25, -0.2) is 4.99 Å². The third-order valence-electron chi connectivity index (χ3n) is 4.29. The SMILES string of the molecule is O=C1/C(=C/c2cccc([N+](=O)[O-])c2)N=C(c2ccccc2)N1c1ccccc1. The first-order valence-electron chi connectivity index (χ1n) is 8.63. The number of benzene rings is 3. The van der Waals surface area contributed by atoms with Crippen molar-refractivity contribution in [3.63, 3.8) is 0 Å². The van der Waals surface area contributed by atoms with Crippen molar-refractivity contribution in [3.8, 4) is 0 Å². The number of nitro groups is 1. The quantitative estimate of drug-likeness (QED) is 0.388. The van der Waals surface area contributed by atoms with E-state index in [1.165, 1.54) is 12.1 Å². The van der Waals surface area contributed by atoms with Crippen molar-refractivity contribution in [1.82, 2.24) is 0 Å². The Balaban J connectivity index is 1.81. The molecule has 0 unspecified atom stereocenters. The Hall–Kier alpha value is -4.06. The number of nitro benzene ring substituents is 1. The van der Waals surface area contributed by atoms with E-state index in [0.29, 0.717) is 17.1 Å². The van der Waals surface area contributed by atoms with Crippen molar-refractivity contribution >= 4 is 29.2 Å². The summed E-state index contributed by atoms with van der Waals surface area (Å²) in [5, 5.41) is 11.0. The number of carbonyl (C=O) groups excluding carboxylic acids is 1. The fraction of sp³-hybridized carbons (Fsp3) is 0. The molecule has 3 aromatic carbocycles. The van der Waals surface area contributed by atoms with Gasteiger partial charge in [0.2, 0.25) is 0 Å². The van der Waals surface area contributed by atoms with Crippen molar-refractivity contribution in [2.24, 2.45) is 4.99 Å². The Morgan fingerprint density at radius 2 is 1.57 bits per heavy atom. The van der Waals surface area contributed by atoms with E-state index in [1.54, 1.807) is 23.1 Å². The van der Waals surface area contributed by atoms with E-state index in [1.807, 2.05) is 60.7 Å². The number of hydrogen-bond acceptors (Lipinski definition) is 4. The van der Waals surface area contributed by atoms with Crippen LogP contribution in [0.1, 0.15) is 11.1 Å². The Morgan fingerprint density at radius 1 is 0.893 bits per heavy atom. The lowest BCUT2D eigenvalue weighted by Gasteiger charge is -2.18. The van der Waals surface area contributed by atoms with Crippen LogP contribution in [0.3, 0.4) is 0 Å². The summed E-state index contributed by atoms with van der Waals surface area (Å²) in [6, 6.07) is 24.8. The lowest BCUT2D eigenvalue weighted by atomic mass is 10.1. The first kappa shape index (κ1) is 17.4. The molecular weight excluding hydrogens is 354 g/mol. The number of amidine groups is 1. The molecule has 28 heavy (non-hydrogen) atoms. The van der Waals surface area contributed by atoms with Crippen LogP contribution >= 0.6 is 0 Å². The predicted molar refractivity (Wildman–Crippen MR) is 108 cm³/mol. The van der Waals surface area contributed by atoms with Crippen molar-refractivity contribution in [3.05, 3.63) is 112 Å². The van der Waals surface area contributed by atoms with Crippen LogP contribution in [0.2, 0.25) is 0 Å². The highest BCUT2D eigenvalue weighted by Crippen LogP contribution is 2.28. The fourth-order valence-electron chi connectivity index (χ4n) is 3.00. The average molecular weight is 369 g/mol. The zero-order valence-corrected chi connectivity index (χ0v) is 14.7. The molecule has 6 nitrogen and oxygen atoms in total. The predicted octanol–water partition coefficient (Wildman–Crippen LogP) is 4.43. The highest BCUT2D eigenvalue weighted by Gasteiger charge is 2.32. The number of non-ortho nitro benzene ring substituents is 1. The third-order valence-corrected chi connectivity index (χ3v) is 4.29. The maximum Gasteiger partial charge on any atom is 0.282 e. The van der Waals surface area contributed by atoms with Crippen LogP contribution < -0.4 is 4.90 Å². The smallest absolute Gasteiger partial charge is 0.266 e. The van der Waals surface area contributed by atoms with Crippen LogP contribution in [-0.2, 0) is 4.79 Å². The molecule has 0 spiro atoms. The Kier molecular flexibility index (Phi) is 4.51. The van der Waals surface area contributed by atoms with Crippen LogP contribution in [0, 0.1) is 10.1 Å². The maximum absolute atomic E-state index is 13.1. The standard InChI is InChI=1S/C22H15N3O3/c26-22-20(15-16-8-7-13-19(14-16)25(27)28)23-21(17-9-3-1-4-10-17)24(22)18-11-5-2-6-12-18/h1-15H/b20-15-. The van der Waals surface area contributed by atoms with E-state index in [-0.39, 0.29) is 17.3 Å². The summed E-state index contributed by atoms with van der Waals surface area (Å²) < 4.78 is 0. The molecule has 0 radical (unpaired) electrons. The Labute approximate surface area is 161 Å². The maximum atomic E-state index is 13.1. The largest absolute Gasteiger partial charge is 0.282 e. The summed E-state index contributed by atoms with van der Waals surface area (Å²) in [7, 11) is 0. The van der Waals surface area contributed by atoms with Gasteiger partial charge in [-0.15, -0.1) is 0 Å². The van der Waals surface area contributed by atoms with Crippen LogP contribution in [0.5, 0.6) is 0 Å². The molecule has 1 heterocycles. The summed E-state index contributed by atoms with van der Waals surface area (Å²) >= 11 is 0. The van der Waals surface area contributed by atoms with Gasteiger partial charge in [0.25, 0.3) is 11.6 Å². The molecule has 0 aliphatic carbocycles. The van der Waals surface area contributed by atoms with Gasteiger partial charge >= 0.3 is 0 Å². The van der Waals surface area contributed by atoms with Gasteiger partial charge in [0.15, 0.2) is 0 Å². The summed E-state index contributed by atoms with van der Waals surface area (Å²) in [4.78, 5) is 29.8. The molecule has 136 valence electrons. The first-order chi connectivity index (χ1) is 13.6. The fourth-order valence-corrected chi connectivity index (χ4v) is 3.00. The number of hydrogen-bond donors (Lipinski definition) is 0. The molecule has 0 aromatic heterocycles. The van der Waals surface area contributed by atoms with Gasteiger partial charge in [-0.3, -0.25) is 19.8 Å². The molecule has 0 fully saturated rings. The molecule has 0 N–H and O–H groups in total. The Bertz CT molecular complexity index is 1110. The molecule has 6 heteroatoms. The topological polar surface area (TPSA) is 75.8 Å². The number of anilines is 1. The molecule has 4 rings (SSSR count). The van der Waals surface area contributed by atoms with Gasteiger partial charge in [0.05, 0.1) is 10.6 Å². The van der Waals surface area contributed by atoms with Crippen LogP contribution in [-0.4, -0.2) is 16.7 Å². The molecular formula is C22H15N3O3. The first-order valence-corrected chi connectivity index (χ1v) is 8.63. The highest BCUT2D eigenvalue weighted by molar-refractivity contribution is 6.33. The number of amides is 1. The van der Waals surface area contributed by atoms with Gasteiger partial charge in [-0.05, 0) is 23.8 Å². The molecule has 1 aliphatic heterocycles. The normalized spacial score (nSPS) is 15.0. The molecule has 0 atom stereocenters. The van der Waals surface area contributed by atoms with Gasteiger partial charge in [0, 0.05) is 17.7 Å². The summed E-state index contributed by atoms with van der Waals surface area (Å²) in [5.74, 6) is 0.241. The minimum atomic E-state index is -0.465. The number of para-hydroxylation sites is 1. The second kappa shape index (κ2) is 7.28.